The predicted octanol–water partition coefficient (Wildman–Crippen LogP) is 4.25. The lowest BCUT2D eigenvalue weighted by Crippen LogP contribution is -2.46. The van der Waals surface area contributed by atoms with Gasteiger partial charge in [0.2, 0.25) is 5.91 Å². The SMILES string of the molecule is COC[C@@]1(F)C[C@@H](C(=O)OCc2ccccc2)N(C(=O)CNC(=O)c2ccc3c(c2)C(C)c2ccccc2-3)C1. The van der Waals surface area contributed by atoms with Crippen LogP contribution < -0.4 is 5.32 Å². The number of esters is 1. The van der Waals surface area contributed by atoms with Crippen LogP contribution in [0.2, 0.25) is 0 Å². The number of likely N-dealkylation sites (tertiary alicyclic amines) is 1. The number of carbonyl (C=O) groups excluding carboxylic acids is 3. The molecule has 1 fully saturated rings. The van der Waals surface area contributed by atoms with Crippen molar-refractivity contribution in [2.45, 2.75) is 37.6 Å². The number of nitrogens with one attached hydrogen (secondary N) is 1. The molecule has 2 amide bonds. The summed E-state index contributed by atoms with van der Waals surface area (Å²) >= 11 is 0. The Morgan fingerprint density at radius 3 is 2.49 bits per heavy atom. The zero-order valence-corrected chi connectivity index (χ0v) is 22.0. The largest absolute Gasteiger partial charge is 0.459 e. The van der Waals surface area contributed by atoms with Gasteiger partial charge >= 0.3 is 5.97 Å². The van der Waals surface area contributed by atoms with E-state index in [1.54, 1.807) is 6.07 Å². The molecule has 5 rings (SSSR count). The van der Waals surface area contributed by atoms with Crippen LogP contribution in [-0.2, 0) is 25.7 Å². The lowest BCUT2D eigenvalue weighted by atomic mass is 9.97. The monoisotopic (exact) mass is 530 g/mol. The van der Waals surface area contributed by atoms with E-state index in [4.69, 9.17) is 9.47 Å². The van der Waals surface area contributed by atoms with E-state index in [1.807, 2.05) is 54.6 Å². The minimum atomic E-state index is -1.89. The zero-order chi connectivity index (χ0) is 27.6. The van der Waals surface area contributed by atoms with Gasteiger partial charge in [0.25, 0.3) is 5.91 Å². The molecule has 2 aliphatic rings. The first-order chi connectivity index (χ1) is 18.8. The van der Waals surface area contributed by atoms with E-state index in [1.165, 1.54) is 12.7 Å². The average molecular weight is 531 g/mol. The molecule has 1 N–H and O–H groups in total. The molecule has 1 saturated heterocycles. The van der Waals surface area contributed by atoms with Crippen LogP contribution in [0.5, 0.6) is 0 Å². The summed E-state index contributed by atoms with van der Waals surface area (Å²) < 4.78 is 25.8. The molecule has 202 valence electrons. The van der Waals surface area contributed by atoms with Crippen LogP contribution in [0.15, 0.2) is 72.8 Å². The van der Waals surface area contributed by atoms with Gasteiger partial charge in [-0.15, -0.1) is 0 Å². The molecule has 7 nitrogen and oxygen atoms in total. The van der Waals surface area contributed by atoms with E-state index in [-0.39, 0.29) is 38.6 Å². The van der Waals surface area contributed by atoms with Crippen LogP contribution >= 0.6 is 0 Å². The van der Waals surface area contributed by atoms with Crippen molar-refractivity contribution >= 4 is 17.8 Å². The highest BCUT2D eigenvalue weighted by molar-refractivity contribution is 5.98. The Balaban J connectivity index is 1.25. The number of hydrogen-bond donors (Lipinski definition) is 1. The van der Waals surface area contributed by atoms with Crippen molar-refractivity contribution in [3.8, 4) is 11.1 Å². The molecule has 1 unspecified atom stereocenters. The molecule has 0 saturated carbocycles. The van der Waals surface area contributed by atoms with Crippen LogP contribution in [0, 0.1) is 0 Å². The second-order valence-corrected chi connectivity index (χ2v) is 10.2. The number of hydrogen-bond acceptors (Lipinski definition) is 5. The lowest BCUT2D eigenvalue weighted by molar-refractivity contribution is -0.154. The van der Waals surface area contributed by atoms with Gasteiger partial charge in [0.05, 0.1) is 19.7 Å². The van der Waals surface area contributed by atoms with Crippen molar-refractivity contribution in [2.24, 2.45) is 0 Å². The zero-order valence-electron chi connectivity index (χ0n) is 22.0. The van der Waals surface area contributed by atoms with Crippen LogP contribution in [0.25, 0.3) is 11.1 Å². The average Bonchev–Trinajstić information content (AvgIpc) is 3.45. The molecule has 1 heterocycles. The Hall–Kier alpha value is -4.04. The van der Waals surface area contributed by atoms with Crippen molar-refractivity contribution in [3.05, 3.63) is 95.1 Å². The minimum Gasteiger partial charge on any atom is -0.459 e. The number of alkyl halides is 1. The Morgan fingerprint density at radius 2 is 1.72 bits per heavy atom. The second kappa shape index (κ2) is 11.0. The molecule has 8 heteroatoms. The number of halogens is 1. The van der Waals surface area contributed by atoms with Crippen molar-refractivity contribution in [1.82, 2.24) is 10.2 Å². The van der Waals surface area contributed by atoms with Crippen molar-refractivity contribution in [1.29, 1.82) is 0 Å². The third-order valence-electron chi connectivity index (χ3n) is 7.51. The van der Waals surface area contributed by atoms with Gasteiger partial charge in [-0.25, -0.2) is 9.18 Å². The van der Waals surface area contributed by atoms with E-state index >= 15 is 4.39 Å². The number of carbonyl (C=O) groups is 3. The molecule has 39 heavy (non-hydrogen) atoms. The topological polar surface area (TPSA) is 84.9 Å². The third kappa shape index (κ3) is 5.43. The summed E-state index contributed by atoms with van der Waals surface area (Å²) in [5.41, 5.74) is 3.84. The lowest BCUT2D eigenvalue weighted by Gasteiger charge is -2.23. The highest BCUT2D eigenvalue weighted by Crippen LogP contribution is 2.44. The molecule has 0 bridgehead atoms. The van der Waals surface area contributed by atoms with Crippen LogP contribution in [0.1, 0.15) is 46.3 Å². The number of methoxy groups -OCH3 is 1. The fraction of sp³-hybridized carbons (Fsp3) is 0.323. The van der Waals surface area contributed by atoms with Gasteiger partial charge < -0.3 is 19.7 Å². The van der Waals surface area contributed by atoms with Crippen molar-refractivity contribution in [3.63, 3.8) is 0 Å². The van der Waals surface area contributed by atoms with Crippen LogP contribution in [-0.4, -0.2) is 61.2 Å². The highest BCUT2D eigenvalue weighted by atomic mass is 19.1. The molecule has 0 radical (unpaired) electrons. The molecular formula is C31H31FN2O5. The number of rotatable bonds is 8. The minimum absolute atomic E-state index is 0.0130. The van der Waals surface area contributed by atoms with Crippen molar-refractivity contribution < 1.29 is 28.2 Å². The first-order valence-corrected chi connectivity index (χ1v) is 13.0. The van der Waals surface area contributed by atoms with Crippen molar-refractivity contribution in [2.75, 3.05) is 26.8 Å². The summed E-state index contributed by atoms with van der Waals surface area (Å²) in [4.78, 5) is 40.2. The Labute approximate surface area is 226 Å². The Kier molecular flexibility index (Phi) is 7.48. The number of benzene rings is 3. The maximum absolute atomic E-state index is 15.4. The molecular weight excluding hydrogens is 499 g/mol. The fourth-order valence-electron chi connectivity index (χ4n) is 5.55. The van der Waals surface area contributed by atoms with Gasteiger partial charge in [-0.05, 0) is 39.9 Å². The number of fused-ring (bicyclic) bond motifs is 3. The van der Waals surface area contributed by atoms with E-state index in [0.717, 1.165) is 27.2 Å². The van der Waals surface area contributed by atoms with Gasteiger partial charge in [0, 0.05) is 25.0 Å². The summed E-state index contributed by atoms with van der Waals surface area (Å²) in [6, 6.07) is 21.7. The van der Waals surface area contributed by atoms with E-state index in [2.05, 4.69) is 24.4 Å². The number of amides is 2. The van der Waals surface area contributed by atoms with Gasteiger partial charge in [-0.2, -0.15) is 0 Å². The summed E-state index contributed by atoms with van der Waals surface area (Å²) in [5, 5.41) is 2.64. The summed E-state index contributed by atoms with van der Waals surface area (Å²) in [7, 11) is 1.37. The summed E-state index contributed by atoms with van der Waals surface area (Å²) in [6.45, 7) is 1.15. The van der Waals surface area contributed by atoms with E-state index in [9.17, 15) is 14.4 Å². The highest BCUT2D eigenvalue weighted by Gasteiger charge is 2.50. The summed E-state index contributed by atoms with van der Waals surface area (Å²) in [5.74, 6) is -1.53. The van der Waals surface area contributed by atoms with Gasteiger partial charge in [0.1, 0.15) is 12.6 Å². The Bertz CT molecular complexity index is 1390. The Morgan fingerprint density at radius 1 is 1.00 bits per heavy atom. The van der Waals surface area contributed by atoms with E-state index in [0.29, 0.717) is 5.56 Å². The predicted molar refractivity (Wildman–Crippen MR) is 144 cm³/mol. The maximum atomic E-state index is 15.4. The maximum Gasteiger partial charge on any atom is 0.329 e. The van der Waals surface area contributed by atoms with Gasteiger partial charge in [-0.1, -0.05) is 67.6 Å². The first kappa shape index (κ1) is 26.6. The van der Waals surface area contributed by atoms with E-state index < -0.39 is 29.5 Å². The first-order valence-electron chi connectivity index (χ1n) is 13.0. The normalized spacial score (nSPS) is 21.3. The standard InChI is InChI=1S/C31H31FN2O5/c1-20-23-10-6-7-11-24(23)25-13-12-22(14-26(20)25)29(36)33-16-28(35)34-18-31(32,19-38-2)15-27(34)30(37)39-17-21-8-4-3-5-9-21/h3-14,20,27H,15-19H2,1-2H3,(H,33,36)/t20?,27-,31+/m0/s1. The summed E-state index contributed by atoms with van der Waals surface area (Å²) in [6.07, 6.45) is -0.239. The van der Waals surface area contributed by atoms with Crippen LogP contribution in [0.4, 0.5) is 4.39 Å². The number of nitrogens with zero attached hydrogens (tertiary/aromatic N) is 1. The van der Waals surface area contributed by atoms with Gasteiger partial charge in [-0.3, -0.25) is 9.59 Å². The molecule has 0 aromatic heterocycles. The molecule has 3 aromatic carbocycles. The smallest absolute Gasteiger partial charge is 0.329 e. The molecule has 1 aliphatic heterocycles. The van der Waals surface area contributed by atoms with Gasteiger partial charge in [0.15, 0.2) is 5.67 Å². The molecule has 3 atom stereocenters. The third-order valence-corrected chi connectivity index (χ3v) is 7.51. The second-order valence-electron chi connectivity index (χ2n) is 10.2. The fourth-order valence-corrected chi connectivity index (χ4v) is 5.55. The number of ether oxygens (including phenoxy) is 2. The molecule has 3 aromatic rings. The quantitative estimate of drug-likeness (QED) is 0.441. The van der Waals surface area contributed by atoms with Crippen LogP contribution in [0.3, 0.4) is 0 Å². The molecule has 1 aliphatic carbocycles. The molecule has 0 spiro atoms.